The second kappa shape index (κ2) is 2.67. The average Bonchev–Trinajstić information content (AvgIpc) is 2.17. The number of fused-ring (bicyclic) bond motifs is 1. The van der Waals surface area contributed by atoms with E-state index in [0.717, 1.165) is 10.9 Å². The van der Waals surface area contributed by atoms with Crippen molar-refractivity contribution >= 4 is 10.9 Å². The highest BCUT2D eigenvalue weighted by atomic mass is 14.7. The first kappa shape index (κ1) is 6.87. The van der Waals surface area contributed by atoms with Gasteiger partial charge < -0.3 is 0 Å². The van der Waals surface area contributed by atoms with Gasteiger partial charge in [0.2, 0.25) is 0 Å². The van der Waals surface area contributed by atoms with Crippen molar-refractivity contribution in [3.8, 4) is 12.3 Å². The summed E-state index contributed by atoms with van der Waals surface area (Å²) in [6.07, 6.45) is 5.23. The highest BCUT2D eigenvalue weighted by Gasteiger charge is 1.92. The van der Waals surface area contributed by atoms with Crippen LogP contribution in [0.1, 0.15) is 5.69 Å². The molecule has 0 saturated heterocycles. The third-order valence-corrected chi connectivity index (χ3v) is 1.75. The molecule has 0 spiro atoms. The van der Waals surface area contributed by atoms with E-state index in [1.165, 1.54) is 0 Å². The molecule has 0 aliphatic rings. The maximum absolute atomic E-state index is 5.23. The molecule has 0 atom stereocenters. The van der Waals surface area contributed by atoms with Crippen molar-refractivity contribution in [2.24, 2.45) is 0 Å². The van der Waals surface area contributed by atoms with E-state index in [2.05, 4.69) is 10.9 Å². The predicted molar refractivity (Wildman–Crippen MR) is 49.7 cm³/mol. The molecule has 0 fully saturated rings. The van der Waals surface area contributed by atoms with E-state index in [0.29, 0.717) is 5.69 Å². The molecule has 1 heteroatoms. The zero-order chi connectivity index (χ0) is 8.39. The number of benzene rings is 1. The first-order valence-corrected chi connectivity index (χ1v) is 3.72. The van der Waals surface area contributed by atoms with Crippen LogP contribution in [0.5, 0.6) is 0 Å². The van der Waals surface area contributed by atoms with E-state index in [4.69, 9.17) is 6.42 Å². The highest BCUT2D eigenvalue weighted by molar-refractivity contribution is 5.78. The molecule has 1 aromatic carbocycles. The maximum atomic E-state index is 5.23. The van der Waals surface area contributed by atoms with Crippen molar-refractivity contribution in [1.29, 1.82) is 0 Å². The Balaban J connectivity index is 2.78. The van der Waals surface area contributed by atoms with Crippen LogP contribution < -0.4 is 0 Å². The monoisotopic (exact) mass is 153 g/mol. The molecule has 1 aromatic heterocycles. The van der Waals surface area contributed by atoms with E-state index in [9.17, 15) is 0 Å². The summed E-state index contributed by atoms with van der Waals surface area (Å²) in [6.45, 7) is 0. The Hall–Kier alpha value is -1.81. The number of rotatable bonds is 0. The fraction of sp³-hybridized carbons (Fsp3) is 0. The molecule has 2 rings (SSSR count). The molecule has 0 aliphatic heterocycles. The molecule has 0 radical (unpaired) electrons. The Morgan fingerprint density at radius 2 is 1.92 bits per heavy atom. The van der Waals surface area contributed by atoms with E-state index in [-0.39, 0.29) is 0 Å². The number of pyridine rings is 1. The van der Waals surface area contributed by atoms with Gasteiger partial charge in [0.1, 0.15) is 5.69 Å². The summed E-state index contributed by atoms with van der Waals surface area (Å²) >= 11 is 0. The molecule has 0 unspecified atom stereocenters. The van der Waals surface area contributed by atoms with E-state index in [1.807, 2.05) is 36.4 Å². The van der Waals surface area contributed by atoms with Gasteiger partial charge >= 0.3 is 0 Å². The predicted octanol–water partition coefficient (Wildman–Crippen LogP) is 2.22. The zero-order valence-corrected chi connectivity index (χ0v) is 6.49. The average molecular weight is 153 g/mol. The normalized spacial score (nSPS) is 9.58. The van der Waals surface area contributed by atoms with Gasteiger partial charge in [0.25, 0.3) is 0 Å². The van der Waals surface area contributed by atoms with Gasteiger partial charge in [0.15, 0.2) is 0 Å². The molecule has 1 heterocycles. The number of terminal acetylenes is 1. The second-order valence-electron chi connectivity index (χ2n) is 2.53. The Labute approximate surface area is 71.1 Å². The topological polar surface area (TPSA) is 12.9 Å². The van der Waals surface area contributed by atoms with E-state index >= 15 is 0 Å². The van der Waals surface area contributed by atoms with Crippen LogP contribution in [0.25, 0.3) is 10.9 Å². The van der Waals surface area contributed by atoms with Crippen molar-refractivity contribution in [3.05, 3.63) is 42.1 Å². The van der Waals surface area contributed by atoms with Gasteiger partial charge in [-0.2, -0.15) is 0 Å². The van der Waals surface area contributed by atoms with Crippen LogP contribution in [-0.2, 0) is 0 Å². The molecule has 0 aliphatic carbocycles. The molecule has 0 amide bonds. The largest absolute Gasteiger partial charge is 0.239 e. The minimum atomic E-state index is 0.689. The summed E-state index contributed by atoms with van der Waals surface area (Å²) in [7, 11) is 0. The van der Waals surface area contributed by atoms with E-state index < -0.39 is 0 Å². The molecular formula is C11H7N. The lowest BCUT2D eigenvalue weighted by molar-refractivity contribution is 1.36. The minimum absolute atomic E-state index is 0.689. The number of hydrogen-bond donors (Lipinski definition) is 0. The van der Waals surface area contributed by atoms with Crippen molar-refractivity contribution < 1.29 is 0 Å². The zero-order valence-electron chi connectivity index (χ0n) is 6.49. The molecule has 1 nitrogen and oxygen atoms in total. The summed E-state index contributed by atoms with van der Waals surface area (Å²) in [5.74, 6) is 2.51. The SMILES string of the molecule is C#Cc1ccc2ccccc2n1. The fourth-order valence-electron chi connectivity index (χ4n) is 1.15. The molecule has 12 heavy (non-hydrogen) atoms. The standard InChI is InChI=1S/C11H7N/c1-2-10-8-7-9-5-3-4-6-11(9)12-10/h1,3-8H. The first-order chi connectivity index (χ1) is 5.90. The van der Waals surface area contributed by atoms with Crippen molar-refractivity contribution in [3.63, 3.8) is 0 Å². The molecule has 0 bridgehead atoms. The Morgan fingerprint density at radius 3 is 2.75 bits per heavy atom. The minimum Gasteiger partial charge on any atom is -0.239 e. The number of para-hydroxylation sites is 1. The van der Waals surface area contributed by atoms with Crippen LogP contribution in [0.4, 0.5) is 0 Å². The van der Waals surface area contributed by atoms with Gasteiger partial charge in [0.05, 0.1) is 5.52 Å². The maximum Gasteiger partial charge on any atom is 0.113 e. The molecular weight excluding hydrogens is 146 g/mol. The third kappa shape index (κ3) is 1.04. The highest BCUT2D eigenvalue weighted by Crippen LogP contribution is 2.10. The smallest absolute Gasteiger partial charge is 0.113 e. The molecule has 0 N–H and O–H groups in total. The lowest BCUT2D eigenvalue weighted by Crippen LogP contribution is -1.82. The second-order valence-corrected chi connectivity index (χ2v) is 2.53. The van der Waals surface area contributed by atoms with Gasteiger partial charge in [-0.1, -0.05) is 30.2 Å². The first-order valence-electron chi connectivity index (χ1n) is 3.72. The third-order valence-electron chi connectivity index (χ3n) is 1.75. The van der Waals surface area contributed by atoms with Crippen LogP contribution >= 0.6 is 0 Å². The summed E-state index contributed by atoms with van der Waals surface area (Å²) in [4.78, 5) is 4.26. The van der Waals surface area contributed by atoms with Crippen LogP contribution in [-0.4, -0.2) is 4.98 Å². The fourth-order valence-corrected chi connectivity index (χ4v) is 1.15. The summed E-state index contributed by atoms with van der Waals surface area (Å²) in [5.41, 5.74) is 1.64. The summed E-state index contributed by atoms with van der Waals surface area (Å²) in [5, 5.41) is 1.12. The quantitative estimate of drug-likeness (QED) is 0.529. The lowest BCUT2D eigenvalue weighted by atomic mass is 10.2. The Bertz CT molecular complexity index is 452. The molecule has 0 saturated carbocycles. The molecule has 56 valence electrons. The number of aromatic nitrogens is 1. The van der Waals surface area contributed by atoms with Gasteiger partial charge in [-0.05, 0) is 12.1 Å². The van der Waals surface area contributed by atoms with E-state index in [1.54, 1.807) is 0 Å². The van der Waals surface area contributed by atoms with Gasteiger partial charge in [-0.15, -0.1) is 6.42 Å². The van der Waals surface area contributed by atoms with Crippen LogP contribution in [0, 0.1) is 12.3 Å². The van der Waals surface area contributed by atoms with Gasteiger partial charge in [0, 0.05) is 5.39 Å². The van der Waals surface area contributed by atoms with Crippen LogP contribution in [0.15, 0.2) is 36.4 Å². The van der Waals surface area contributed by atoms with Gasteiger partial charge in [-0.3, -0.25) is 0 Å². The van der Waals surface area contributed by atoms with Crippen LogP contribution in [0.2, 0.25) is 0 Å². The summed E-state index contributed by atoms with van der Waals surface area (Å²) in [6, 6.07) is 11.7. The number of hydrogen-bond acceptors (Lipinski definition) is 1. The lowest BCUT2D eigenvalue weighted by Gasteiger charge is -1.95. The summed E-state index contributed by atoms with van der Waals surface area (Å²) < 4.78 is 0. The Morgan fingerprint density at radius 1 is 1.08 bits per heavy atom. The van der Waals surface area contributed by atoms with Crippen molar-refractivity contribution in [1.82, 2.24) is 4.98 Å². The van der Waals surface area contributed by atoms with Crippen molar-refractivity contribution in [2.45, 2.75) is 0 Å². The number of nitrogens with zero attached hydrogens (tertiary/aromatic N) is 1. The van der Waals surface area contributed by atoms with Crippen molar-refractivity contribution in [2.75, 3.05) is 0 Å². The van der Waals surface area contributed by atoms with Crippen LogP contribution in [0.3, 0.4) is 0 Å². The Kier molecular flexibility index (Phi) is 1.53. The van der Waals surface area contributed by atoms with Gasteiger partial charge in [-0.25, -0.2) is 4.98 Å². The molecule has 2 aromatic rings.